The molecule has 1 aliphatic heterocycles. The van der Waals surface area contributed by atoms with Gasteiger partial charge in [0.25, 0.3) is 0 Å². The topological polar surface area (TPSA) is 21.3 Å². The lowest BCUT2D eigenvalue weighted by Crippen LogP contribution is -2.03. The largest absolute Gasteiger partial charge is 0.493 e. The number of benzene rings is 2. The first-order valence-electron chi connectivity index (χ1n) is 6.26. The van der Waals surface area contributed by atoms with Gasteiger partial charge in [0.2, 0.25) is 0 Å². The number of anilines is 1. The second-order valence-corrected chi connectivity index (χ2v) is 4.63. The molecule has 0 bridgehead atoms. The van der Waals surface area contributed by atoms with Crippen molar-refractivity contribution in [1.29, 1.82) is 0 Å². The van der Waals surface area contributed by atoms with E-state index in [9.17, 15) is 13.2 Å². The normalized spacial score (nSPS) is 12.9. The Labute approximate surface area is 114 Å². The van der Waals surface area contributed by atoms with E-state index in [1.807, 2.05) is 18.2 Å². The van der Waals surface area contributed by atoms with Gasteiger partial charge in [-0.15, -0.1) is 0 Å². The van der Waals surface area contributed by atoms with Crippen molar-refractivity contribution in [2.24, 2.45) is 0 Å². The van der Waals surface area contributed by atoms with E-state index in [2.05, 4.69) is 5.32 Å². The van der Waals surface area contributed by atoms with Crippen LogP contribution in [0.25, 0.3) is 0 Å². The van der Waals surface area contributed by atoms with Gasteiger partial charge in [-0.25, -0.2) is 13.2 Å². The molecule has 0 fully saturated rings. The van der Waals surface area contributed by atoms with Gasteiger partial charge in [0, 0.05) is 30.3 Å². The zero-order chi connectivity index (χ0) is 14.1. The van der Waals surface area contributed by atoms with Gasteiger partial charge in [0.15, 0.2) is 11.6 Å². The zero-order valence-corrected chi connectivity index (χ0v) is 10.6. The lowest BCUT2D eigenvalue weighted by molar-refractivity contribution is 0.357. The molecule has 0 atom stereocenters. The number of hydrogen-bond donors (Lipinski definition) is 1. The van der Waals surface area contributed by atoms with Gasteiger partial charge < -0.3 is 10.1 Å². The van der Waals surface area contributed by atoms with Crippen LogP contribution in [0.1, 0.15) is 11.1 Å². The molecular formula is C15H12F3NO. The lowest BCUT2D eigenvalue weighted by Gasteiger charge is -2.09. The zero-order valence-electron chi connectivity index (χ0n) is 10.6. The van der Waals surface area contributed by atoms with Gasteiger partial charge in [-0.2, -0.15) is 0 Å². The molecule has 2 aromatic carbocycles. The van der Waals surface area contributed by atoms with E-state index in [4.69, 9.17) is 4.74 Å². The van der Waals surface area contributed by atoms with Crippen molar-refractivity contribution in [3.05, 3.63) is 58.9 Å². The Balaban J connectivity index is 1.75. The minimum absolute atomic E-state index is 0.0839. The van der Waals surface area contributed by atoms with Gasteiger partial charge in [0.1, 0.15) is 11.6 Å². The molecule has 3 rings (SSSR count). The predicted octanol–water partition coefficient (Wildman–Crippen LogP) is 3.65. The van der Waals surface area contributed by atoms with Crippen LogP contribution in [0.4, 0.5) is 18.9 Å². The van der Waals surface area contributed by atoms with Crippen LogP contribution in [0, 0.1) is 17.5 Å². The first-order chi connectivity index (χ1) is 9.63. The molecule has 0 saturated heterocycles. The molecule has 104 valence electrons. The molecule has 1 aliphatic rings. The maximum Gasteiger partial charge on any atom is 0.161 e. The van der Waals surface area contributed by atoms with Crippen LogP contribution >= 0.6 is 0 Å². The van der Waals surface area contributed by atoms with Gasteiger partial charge in [-0.1, -0.05) is 0 Å². The fourth-order valence-corrected chi connectivity index (χ4v) is 2.19. The number of fused-ring (bicyclic) bond motifs is 1. The van der Waals surface area contributed by atoms with Crippen molar-refractivity contribution in [2.75, 3.05) is 11.9 Å². The summed E-state index contributed by atoms with van der Waals surface area (Å²) in [6.07, 6.45) is 0.838. The maximum absolute atomic E-state index is 13.5. The van der Waals surface area contributed by atoms with Crippen LogP contribution in [0.5, 0.6) is 5.75 Å². The van der Waals surface area contributed by atoms with Crippen molar-refractivity contribution in [3.8, 4) is 5.75 Å². The Morgan fingerprint density at radius 1 is 1.00 bits per heavy atom. The Hall–Kier alpha value is -2.17. The van der Waals surface area contributed by atoms with Crippen molar-refractivity contribution < 1.29 is 17.9 Å². The van der Waals surface area contributed by atoms with Gasteiger partial charge in [-0.05, 0) is 29.8 Å². The maximum atomic E-state index is 13.5. The molecule has 1 heterocycles. The SMILES string of the molecule is Fc1cc(F)c(CNc2ccc3c(c2)CCO3)cc1F. The van der Waals surface area contributed by atoms with E-state index in [-0.39, 0.29) is 12.1 Å². The summed E-state index contributed by atoms with van der Waals surface area (Å²) < 4.78 is 44.8. The van der Waals surface area contributed by atoms with Crippen molar-refractivity contribution in [1.82, 2.24) is 0 Å². The summed E-state index contributed by atoms with van der Waals surface area (Å²) in [4.78, 5) is 0. The second-order valence-electron chi connectivity index (χ2n) is 4.63. The average Bonchev–Trinajstić information content (AvgIpc) is 2.89. The predicted molar refractivity (Wildman–Crippen MR) is 69.3 cm³/mol. The standard InChI is InChI=1S/C15H12F3NO/c16-12-7-14(18)13(17)6-10(12)8-19-11-1-2-15-9(5-11)3-4-20-15/h1-2,5-7,19H,3-4,8H2. The minimum atomic E-state index is -1.18. The summed E-state index contributed by atoms with van der Waals surface area (Å²) in [5, 5.41) is 2.99. The van der Waals surface area contributed by atoms with E-state index in [0.717, 1.165) is 29.5 Å². The van der Waals surface area contributed by atoms with Gasteiger partial charge in [-0.3, -0.25) is 0 Å². The fraction of sp³-hybridized carbons (Fsp3) is 0.200. The third kappa shape index (κ3) is 2.43. The van der Waals surface area contributed by atoms with E-state index < -0.39 is 17.5 Å². The molecule has 0 aromatic heterocycles. The molecule has 0 spiro atoms. The van der Waals surface area contributed by atoms with Crippen LogP contribution < -0.4 is 10.1 Å². The number of hydrogen-bond acceptors (Lipinski definition) is 2. The molecule has 0 saturated carbocycles. The van der Waals surface area contributed by atoms with Crippen molar-refractivity contribution >= 4 is 5.69 Å². The van der Waals surface area contributed by atoms with Crippen molar-refractivity contribution in [3.63, 3.8) is 0 Å². The minimum Gasteiger partial charge on any atom is -0.493 e. The average molecular weight is 279 g/mol. The summed E-state index contributed by atoms with van der Waals surface area (Å²) >= 11 is 0. The molecule has 0 radical (unpaired) electrons. The highest BCUT2D eigenvalue weighted by molar-refractivity contribution is 5.52. The summed E-state index contributed by atoms with van der Waals surface area (Å²) in [7, 11) is 0. The number of ether oxygens (including phenoxy) is 1. The molecule has 0 amide bonds. The highest BCUT2D eigenvalue weighted by Gasteiger charge is 2.13. The Morgan fingerprint density at radius 3 is 2.65 bits per heavy atom. The van der Waals surface area contributed by atoms with E-state index >= 15 is 0 Å². The Kier molecular flexibility index (Phi) is 3.26. The molecular weight excluding hydrogens is 267 g/mol. The molecule has 20 heavy (non-hydrogen) atoms. The van der Waals surface area contributed by atoms with E-state index in [1.54, 1.807) is 0 Å². The van der Waals surface area contributed by atoms with Gasteiger partial charge in [0.05, 0.1) is 6.61 Å². The molecule has 0 unspecified atom stereocenters. The molecule has 1 N–H and O–H groups in total. The van der Waals surface area contributed by atoms with Crippen molar-refractivity contribution in [2.45, 2.75) is 13.0 Å². The van der Waals surface area contributed by atoms with Crippen LogP contribution in [0.3, 0.4) is 0 Å². The van der Waals surface area contributed by atoms with Crippen LogP contribution in [0.2, 0.25) is 0 Å². The van der Waals surface area contributed by atoms with Gasteiger partial charge >= 0.3 is 0 Å². The second kappa shape index (κ2) is 5.07. The molecule has 5 heteroatoms. The van der Waals surface area contributed by atoms with Crippen LogP contribution in [-0.4, -0.2) is 6.61 Å². The van der Waals surface area contributed by atoms with Crippen LogP contribution in [0.15, 0.2) is 30.3 Å². The summed E-state index contributed by atoms with van der Waals surface area (Å²) in [5.41, 5.74) is 1.96. The molecule has 0 aliphatic carbocycles. The summed E-state index contributed by atoms with van der Waals surface area (Å²) in [5.74, 6) is -2.14. The first-order valence-corrected chi connectivity index (χ1v) is 6.26. The summed E-state index contributed by atoms with van der Waals surface area (Å²) in [6.45, 7) is 0.749. The Bertz CT molecular complexity index is 658. The molecule has 2 aromatic rings. The molecule has 2 nitrogen and oxygen atoms in total. The van der Waals surface area contributed by atoms with E-state index in [1.165, 1.54) is 0 Å². The van der Waals surface area contributed by atoms with E-state index in [0.29, 0.717) is 12.7 Å². The third-order valence-corrected chi connectivity index (χ3v) is 3.26. The highest BCUT2D eigenvalue weighted by atomic mass is 19.2. The summed E-state index contributed by atoms with van der Waals surface area (Å²) in [6, 6.07) is 6.99. The Morgan fingerprint density at radius 2 is 1.80 bits per heavy atom. The smallest absolute Gasteiger partial charge is 0.161 e. The first kappa shape index (κ1) is 12.8. The quantitative estimate of drug-likeness (QED) is 0.866. The van der Waals surface area contributed by atoms with Crippen LogP contribution in [-0.2, 0) is 13.0 Å². The lowest BCUT2D eigenvalue weighted by atomic mass is 10.1. The number of rotatable bonds is 3. The number of nitrogens with one attached hydrogen (secondary N) is 1. The third-order valence-electron chi connectivity index (χ3n) is 3.26. The highest BCUT2D eigenvalue weighted by Crippen LogP contribution is 2.28. The fourth-order valence-electron chi connectivity index (χ4n) is 2.19. The monoisotopic (exact) mass is 279 g/mol. The number of halogens is 3.